The number of nitrogens with two attached hydrogens (primary N) is 1. The molecule has 1 unspecified atom stereocenters. The average molecular weight is 265 g/mol. The smallest absolute Gasteiger partial charge is 0.141 e. The minimum atomic E-state index is 0.514. The monoisotopic (exact) mass is 265 g/mol. The summed E-state index contributed by atoms with van der Waals surface area (Å²) in [6.07, 6.45) is 5.91. The quantitative estimate of drug-likeness (QED) is 0.909. The Hall–Kier alpha value is -0.610. The number of nitrogens with zero attached hydrogens (tertiary/aromatic N) is 2. The number of aromatic nitrogens is 2. The van der Waals surface area contributed by atoms with E-state index in [1.54, 1.807) is 0 Å². The van der Waals surface area contributed by atoms with Crippen LogP contribution in [-0.4, -0.2) is 22.3 Å². The lowest BCUT2D eigenvalue weighted by molar-refractivity contribution is 0.654. The summed E-state index contributed by atoms with van der Waals surface area (Å²) in [7, 11) is 0. The molecule has 100 valence electrons. The fourth-order valence-corrected chi connectivity index (χ4v) is 3.74. The Morgan fingerprint density at radius 1 is 1.22 bits per heavy atom. The Labute approximate surface area is 114 Å². The third-order valence-electron chi connectivity index (χ3n) is 3.54. The van der Waals surface area contributed by atoms with Gasteiger partial charge in [0.1, 0.15) is 5.82 Å². The highest BCUT2D eigenvalue weighted by atomic mass is 32.2. The summed E-state index contributed by atoms with van der Waals surface area (Å²) in [4.78, 5) is 9.48. The molecular weight excluding hydrogens is 242 g/mol. The Bertz CT molecular complexity index is 377. The van der Waals surface area contributed by atoms with Gasteiger partial charge in [-0.05, 0) is 57.4 Å². The van der Waals surface area contributed by atoms with Crippen LogP contribution in [-0.2, 0) is 6.42 Å². The van der Waals surface area contributed by atoms with Crippen LogP contribution in [0.4, 0.5) is 0 Å². The number of hydrogen-bond acceptors (Lipinski definition) is 4. The molecule has 1 aromatic heterocycles. The molecule has 18 heavy (non-hydrogen) atoms. The van der Waals surface area contributed by atoms with Crippen LogP contribution < -0.4 is 5.73 Å². The summed E-state index contributed by atoms with van der Waals surface area (Å²) in [6.45, 7) is 4.95. The predicted molar refractivity (Wildman–Crippen MR) is 77.9 cm³/mol. The fourth-order valence-electron chi connectivity index (χ4n) is 2.49. The van der Waals surface area contributed by atoms with Crippen LogP contribution >= 0.6 is 11.8 Å². The second-order valence-electron chi connectivity index (χ2n) is 4.98. The van der Waals surface area contributed by atoms with Crippen LogP contribution in [0.3, 0.4) is 0 Å². The van der Waals surface area contributed by atoms with Gasteiger partial charge in [-0.15, -0.1) is 0 Å². The Morgan fingerprint density at radius 2 is 1.94 bits per heavy atom. The summed E-state index contributed by atoms with van der Waals surface area (Å²) in [5, 5.41) is 0.514. The van der Waals surface area contributed by atoms with E-state index in [1.807, 2.05) is 11.8 Å². The molecule has 0 aromatic carbocycles. The minimum Gasteiger partial charge on any atom is -0.330 e. The first-order valence-corrected chi connectivity index (χ1v) is 7.93. The molecule has 1 fully saturated rings. The lowest BCUT2D eigenvalue weighted by Gasteiger charge is -2.21. The second-order valence-corrected chi connectivity index (χ2v) is 6.29. The van der Waals surface area contributed by atoms with Gasteiger partial charge in [0.2, 0.25) is 0 Å². The third-order valence-corrected chi connectivity index (χ3v) is 4.91. The van der Waals surface area contributed by atoms with Crippen molar-refractivity contribution in [2.45, 2.75) is 51.2 Å². The van der Waals surface area contributed by atoms with Gasteiger partial charge in [0.25, 0.3) is 0 Å². The number of aryl methyl sites for hydroxylation is 2. The molecule has 1 atom stereocenters. The van der Waals surface area contributed by atoms with E-state index in [0.29, 0.717) is 5.25 Å². The maximum Gasteiger partial charge on any atom is 0.141 e. The van der Waals surface area contributed by atoms with Crippen molar-refractivity contribution in [1.29, 1.82) is 0 Å². The standard InChI is InChI=1S/C14H23N3S/c1-10-12(6-5-8-15)11(2)17-14(16-10)13-7-3-4-9-18-13/h13H,3-9,15H2,1-2H3. The molecular formula is C14H23N3S. The Kier molecular flexibility index (Phi) is 5.01. The molecule has 2 rings (SSSR count). The lowest BCUT2D eigenvalue weighted by Crippen LogP contribution is -2.12. The molecule has 0 spiro atoms. The average Bonchev–Trinajstić information content (AvgIpc) is 2.39. The largest absolute Gasteiger partial charge is 0.330 e. The van der Waals surface area contributed by atoms with E-state index < -0.39 is 0 Å². The first-order valence-electron chi connectivity index (χ1n) is 6.88. The van der Waals surface area contributed by atoms with Crippen LogP contribution in [0.1, 0.15) is 53.7 Å². The van der Waals surface area contributed by atoms with E-state index >= 15 is 0 Å². The third kappa shape index (κ3) is 3.23. The maximum atomic E-state index is 5.58. The number of hydrogen-bond donors (Lipinski definition) is 1. The van der Waals surface area contributed by atoms with E-state index in [2.05, 4.69) is 13.8 Å². The molecule has 1 aliphatic heterocycles. The van der Waals surface area contributed by atoms with Crippen molar-refractivity contribution < 1.29 is 0 Å². The van der Waals surface area contributed by atoms with Gasteiger partial charge in [-0.25, -0.2) is 9.97 Å². The molecule has 0 aliphatic carbocycles. The maximum absolute atomic E-state index is 5.58. The normalized spacial score (nSPS) is 20.1. The molecule has 0 radical (unpaired) electrons. The molecule has 0 bridgehead atoms. The molecule has 1 aromatic rings. The highest BCUT2D eigenvalue weighted by molar-refractivity contribution is 7.99. The van der Waals surface area contributed by atoms with Crippen molar-refractivity contribution in [2.24, 2.45) is 5.73 Å². The van der Waals surface area contributed by atoms with Crippen LogP contribution in [0.2, 0.25) is 0 Å². The molecule has 1 aliphatic rings. The first-order chi connectivity index (χ1) is 8.72. The topological polar surface area (TPSA) is 51.8 Å². The predicted octanol–water partition coefficient (Wildman–Crippen LogP) is 2.94. The van der Waals surface area contributed by atoms with Crippen LogP contribution in [0.15, 0.2) is 0 Å². The van der Waals surface area contributed by atoms with Crippen molar-refractivity contribution >= 4 is 11.8 Å². The van der Waals surface area contributed by atoms with Crippen molar-refractivity contribution in [3.63, 3.8) is 0 Å². The molecule has 1 saturated heterocycles. The zero-order valence-electron chi connectivity index (χ0n) is 11.4. The van der Waals surface area contributed by atoms with E-state index in [0.717, 1.165) is 36.6 Å². The number of thioether (sulfide) groups is 1. The van der Waals surface area contributed by atoms with Crippen molar-refractivity contribution in [1.82, 2.24) is 9.97 Å². The van der Waals surface area contributed by atoms with Gasteiger partial charge >= 0.3 is 0 Å². The van der Waals surface area contributed by atoms with Crippen molar-refractivity contribution in [3.05, 3.63) is 22.8 Å². The molecule has 0 amide bonds. The van der Waals surface area contributed by atoms with Crippen molar-refractivity contribution in [2.75, 3.05) is 12.3 Å². The molecule has 3 nitrogen and oxygen atoms in total. The summed E-state index contributed by atoms with van der Waals surface area (Å²) in [6, 6.07) is 0. The summed E-state index contributed by atoms with van der Waals surface area (Å²) in [5.74, 6) is 2.30. The van der Waals surface area contributed by atoms with Gasteiger partial charge in [0, 0.05) is 11.4 Å². The fraction of sp³-hybridized carbons (Fsp3) is 0.714. The van der Waals surface area contributed by atoms with Gasteiger partial charge in [0.05, 0.1) is 5.25 Å². The molecule has 2 heterocycles. The molecule has 4 heteroatoms. The second kappa shape index (κ2) is 6.53. The SMILES string of the molecule is Cc1nc(C2CCCCS2)nc(C)c1CCCN. The first kappa shape index (κ1) is 13.8. The summed E-state index contributed by atoms with van der Waals surface area (Å²) >= 11 is 2.01. The lowest BCUT2D eigenvalue weighted by atomic mass is 10.1. The Balaban J connectivity index is 2.18. The summed E-state index contributed by atoms with van der Waals surface area (Å²) in [5.41, 5.74) is 9.18. The van der Waals surface area contributed by atoms with Gasteiger partial charge in [-0.1, -0.05) is 6.42 Å². The van der Waals surface area contributed by atoms with Gasteiger partial charge in [0.15, 0.2) is 0 Å². The van der Waals surface area contributed by atoms with Gasteiger partial charge < -0.3 is 5.73 Å². The van der Waals surface area contributed by atoms with Gasteiger partial charge in [-0.3, -0.25) is 0 Å². The minimum absolute atomic E-state index is 0.514. The van der Waals surface area contributed by atoms with E-state index in [9.17, 15) is 0 Å². The molecule has 0 saturated carbocycles. The Morgan fingerprint density at radius 3 is 2.50 bits per heavy atom. The zero-order chi connectivity index (χ0) is 13.0. The van der Waals surface area contributed by atoms with Crippen LogP contribution in [0, 0.1) is 13.8 Å². The highest BCUT2D eigenvalue weighted by Gasteiger charge is 2.20. The van der Waals surface area contributed by atoms with Crippen molar-refractivity contribution in [3.8, 4) is 0 Å². The molecule has 2 N–H and O–H groups in total. The van der Waals surface area contributed by atoms with Gasteiger partial charge in [-0.2, -0.15) is 11.8 Å². The number of rotatable bonds is 4. The summed E-state index contributed by atoms with van der Waals surface area (Å²) < 4.78 is 0. The van der Waals surface area contributed by atoms with E-state index in [-0.39, 0.29) is 0 Å². The van der Waals surface area contributed by atoms with E-state index in [1.165, 1.54) is 30.6 Å². The van der Waals surface area contributed by atoms with E-state index in [4.69, 9.17) is 15.7 Å². The zero-order valence-corrected chi connectivity index (χ0v) is 12.2. The van der Waals surface area contributed by atoms with Crippen LogP contribution in [0.5, 0.6) is 0 Å². The highest BCUT2D eigenvalue weighted by Crippen LogP contribution is 2.36. The van der Waals surface area contributed by atoms with Crippen LogP contribution in [0.25, 0.3) is 0 Å².